The molecule has 2 atom stereocenters. The number of hydrogen-bond donors (Lipinski definition) is 1. The Bertz CT molecular complexity index is 378. The van der Waals surface area contributed by atoms with Gasteiger partial charge < -0.3 is 5.32 Å². The summed E-state index contributed by atoms with van der Waals surface area (Å²) >= 11 is 0. The molecule has 0 spiro atoms. The molecule has 0 aliphatic heterocycles. The summed E-state index contributed by atoms with van der Waals surface area (Å²) in [5.41, 5.74) is 1.29. The van der Waals surface area contributed by atoms with Crippen molar-refractivity contribution in [3.8, 4) is 0 Å². The summed E-state index contributed by atoms with van der Waals surface area (Å²) in [6.45, 7) is 3.38. The molecule has 1 heterocycles. The van der Waals surface area contributed by atoms with Gasteiger partial charge in [-0.25, -0.2) is 4.98 Å². The minimum absolute atomic E-state index is 0.726. The molecule has 100 valence electrons. The predicted octanol–water partition coefficient (Wildman–Crippen LogP) is 3.13. The molecule has 1 aromatic rings. The van der Waals surface area contributed by atoms with Gasteiger partial charge in [0.25, 0.3) is 0 Å². The largest absolute Gasteiger partial charge is 0.373 e. The highest BCUT2D eigenvalue weighted by Crippen LogP contribution is 2.28. The Kier molecular flexibility index (Phi) is 4.59. The van der Waals surface area contributed by atoms with Crippen molar-refractivity contribution in [3.63, 3.8) is 0 Å². The van der Waals surface area contributed by atoms with Crippen molar-refractivity contribution in [1.82, 2.24) is 9.88 Å². The van der Waals surface area contributed by atoms with Gasteiger partial charge in [0, 0.05) is 31.4 Å². The molecule has 1 aliphatic carbocycles. The average Bonchev–Trinajstić information content (AvgIpc) is 2.39. The molecule has 3 nitrogen and oxygen atoms in total. The number of rotatable bonds is 4. The second-order valence-electron chi connectivity index (χ2n) is 5.51. The minimum Gasteiger partial charge on any atom is -0.373 e. The summed E-state index contributed by atoms with van der Waals surface area (Å²) in [5.74, 6) is 1.83. The van der Waals surface area contributed by atoms with Crippen LogP contribution < -0.4 is 5.32 Å². The van der Waals surface area contributed by atoms with E-state index in [1.165, 1.54) is 31.2 Å². The van der Waals surface area contributed by atoms with Crippen LogP contribution in [0.4, 0.5) is 5.82 Å². The molecule has 1 N–H and O–H groups in total. The molecule has 0 aromatic carbocycles. The highest BCUT2D eigenvalue weighted by atomic mass is 15.1. The monoisotopic (exact) mass is 247 g/mol. The Morgan fingerprint density at radius 3 is 2.89 bits per heavy atom. The molecular weight excluding hydrogens is 222 g/mol. The Morgan fingerprint density at radius 1 is 1.39 bits per heavy atom. The quantitative estimate of drug-likeness (QED) is 0.886. The lowest BCUT2D eigenvalue weighted by molar-refractivity contribution is 0.133. The Morgan fingerprint density at radius 2 is 2.17 bits per heavy atom. The van der Waals surface area contributed by atoms with Crippen LogP contribution in [0.2, 0.25) is 0 Å². The summed E-state index contributed by atoms with van der Waals surface area (Å²) in [6, 6.07) is 4.92. The first-order valence-corrected chi connectivity index (χ1v) is 7.04. The van der Waals surface area contributed by atoms with Gasteiger partial charge in [-0.2, -0.15) is 0 Å². The summed E-state index contributed by atoms with van der Waals surface area (Å²) < 4.78 is 0. The van der Waals surface area contributed by atoms with Gasteiger partial charge in [-0.1, -0.05) is 25.8 Å². The summed E-state index contributed by atoms with van der Waals surface area (Å²) in [5, 5.41) is 3.18. The van der Waals surface area contributed by atoms with E-state index in [-0.39, 0.29) is 0 Å². The van der Waals surface area contributed by atoms with Crippen LogP contribution in [0.5, 0.6) is 0 Å². The zero-order chi connectivity index (χ0) is 13.0. The molecule has 2 unspecified atom stereocenters. The molecule has 2 rings (SSSR count). The van der Waals surface area contributed by atoms with Crippen LogP contribution in [0.25, 0.3) is 0 Å². The topological polar surface area (TPSA) is 28.2 Å². The standard InChI is InChI=1S/C15H25N3/c1-12-7-4-5-9-14(12)18(3)11-13-8-6-10-17-15(13)16-2/h6,8,10,12,14H,4-5,7,9,11H2,1-3H3,(H,16,17). The van der Waals surface area contributed by atoms with E-state index in [1.54, 1.807) is 0 Å². The molecule has 0 radical (unpaired) electrons. The molecule has 1 fully saturated rings. The molecule has 0 saturated heterocycles. The van der Waals surface area contributed by atoms with E-state index >= 15 is 0 Å². The van der Waals surface area contributed by atoms with Gasteiger partial charge in [0.05, 0.1) is 0 Å². The Hall–Kier alpha value is -1.09. The molecule has 3 heteroatoms. The number of hydrogen-bond acceptors (Lipinski definition) is 3. The van der Waals surface area contributed by atoms with Crippen molar-refractivity contribution in [2.45, 2.75) is 45.2 Å². The van der Waals surface area contributed by atoms with Gasteiger partial charge in [0.2, 0.25) is 0 Å². The smallest absolute Gasteiger partial charge is 0.130 e. The van der Waals surface area contributed by atoms with Crippen LogP contribution in [0.15, 0.2) is 18.3 Å². The third-order valence-electron chi connectivity index (χ3n) is 4.18. The number of nitrogens with zero attached hydrogens (tertiary/aromatic N) is 2. The van der Waals surface area contributed by atoms with Crippen LogP contribution in [-0.4, -0.2) is 30.0 Å². The molecule has 18 heavy (non-hydrogen) atoms. The van der Waals surface area contributed by atoms with E-state index in [0.717, 1.165) is 24.3 Å². The van der Waals surface area contributed by atoms with Gasteiger partial charge in [-0.05, 0) is 31.9 Å². The Balaban J connectivity index is 2.03. The first-order valence-electron chi connectivity index (χ1n) is 7.04. The molecule has 1 saturated carbocycles. The Labute approximate surface area is 111 Å². The fourth-order valence-corrected chi connectivity index (χ4v) is 3.13. The van der Waals surface area contributed by atoms with Crippen molar-refractivity contribution >= 4 is 5.82 Å². The first-order chi connectivity index (χ1) is 8.72. The number of nitrogens with one attached hydrogen (secondary N) is 1. The maximum absolute atomic E-state index is 4.38. The molecule has 0 amide bonds. The maximum atomic E-state index is 4.38. The third kappa shape index (κ3) is 3.02. The van der Waals surface area contributed by atoms with Gasteiger partial charge in [0.15, 0.2) is 0 Å². The van der Waals surface area contributed by atoms with Crippen molar-refractivity contribution in [2.75, 3.05) is 19.4 Å². The van der Waals surface area contributed by atoms with Crippen molar-refractivity contribution < 1.29 is 0 Å². The normalized spacial score (nSPS) is 24.2. The van der Waals surface area contributed by atoms with Crippen LogP contribution in [0, 0.1) is 5.92 Å². The van der Waals surface area contributed by atoms with E-state index in [1.807, 2.05) is 19.3 Å². The fourth-order valence-electron chi connectivity index (χ4n) is 3.13. The fraction of sp³-hybridized carbons (Fsp3) is 0.667. The molecule has 0 bridgehead atoms. The predicted molar refractivity (Wildman–Crippen MR) is 76.7 cm³/mol. The zero-order valence-corrected chi connectivity index (χ0v) is 11.8. The summed E-state index contributed by atoms with van der Waals surface area (Å²) in [6.07, 6.45) is 7.34. The second-order valence-corrected chi connectivity index (χ2v) is 5.51. The average molecular weight is 247 g/mol. The lowest BCUT2D eigenvalue weighted by atomic mass is 9.85. The molecular formula is C15H25N3. The van der Waals surface area contributed by atoms with Crippen LogP contribution in [0.3, 0.4) is 0 Å². The van der Waals surface area contributed by atoms with E-state index in [0.29, 0.717) is 0 Å². The lowest BCUT2D eigenvalue weighted by Crippen LogP contribution is -2.38. The van der Waals surface area contributed by atoms with Crippen molar-refractivity contribution in [2.24, 2.45) is 5.92 Å². The van der Waals surface area contributed by atoms with Crippen molar-refractivity contribution in [3.05, 3.63) is 23.9 Å². The van der Waals surface area contributed by atoms with E-state index in [9.17, 15) is 0 Å². The zero-order valence-electron chi connectivity index (χ0n) is 11.8. The summed E-state index contributed by atoms with van der Waals surface area (Å²) in [4.78, 5) is 6.88. The SMILES string of the molecule is CNc1ncccc1CN(C)C1CCCCC1C. The van der Waals surface area contributed by atoms with Gasteiger partial charge in [-0.3, -0.25) is 4.90 Å². The number of pyridine rings is 1. The van der Waals surface area contributed by atoms with Gasteiger partial charge in [0.1, 0.15) is 5.82 Å². The summed E-state index contributed by atoms with van der Waals surface area (Å²) in [7, 11) is 4.19. The highest BCUT2D eigenvalue weighted by molar-refractivity contribution is 5.42. The van der Waals surface area contributed by atoms with Crippen LogP contribution in [0.1, 0.15) is 38.2 Å². The van der Waals surface area contributed by atoms with Crippen molar-refractivity contribution in [1.29, 1.82) is 0 Å². The van der Waals surface area contributed by atoms with Gasteiger partial charge >= 0.3 is 0 Å². The van der Waals surface area contributed by atoms with E-state index < -0.39 is 0 Å². The molecule has 1 aromatic heterocycles. The second kappa shape index (κ2) is 6.19. The van der Waals surface area contributed by atoms with E-state index in [2.05, 4.69) is 35.2 Å². The number of anilines is 1. The first kappa shape index (κ1) is 13.3. The van der Waals surface area contributed by atoms with E-state index in [4.69, 9.17) is 0 Å². The maximum Gasteiger partial charge on any atom is 0.130 e. The highest BCUT2D eigenvalue weighted by Gasteiger charge is 2.25. The van der Waals surface area contributed by atoms with Crippen LogP contribution in [-0.2, 0) is 6.54 Å². The van der Waals surface area contributed by atoms with Gasteiger partial charge in [-0.15, -0.1) is 0 Å². The van der Waals surface area contributed by atoms with Crippen LogP contribution >= 0.6 is 0 Å². The third-order valence-corrected chi connectivity index (χ3v) is 4.18. The minimum atomic E-state index is 0.726. The number of aromatic nitrogens is 1. The molecule has 1 aliphatic rings. The lowest BCUT2D eigenvalue weighted by Gasteiger charge is -2.36.